The van der Waals surface area contributed by atoms with E-state index in [1.54, 1.807) is 12.4 Å². The number of rotatable bonds is 8. The SMILES string of the molecule is CCN(CC)c1ccc(Nc2ncc(C(=O)NCc3cccnc3)cn2)c(C)c1. The molecule has 0 aliphatic carbocycles. The molecule has 1 amide bonds. The molecule has 2 N–H and O–H groups in total. The van der Waals surface area contributed by atoms with Gasteiger partial charge in [0, 0.05) is 55.8 Å². The minimum absolute atomic E-state index is 0.222. The zero-order valence-electron chi connectivity index (χ0n) is 17.0. The van der Waals surface area contributed by atoms with Crippen LogP contribution in [-0.2, 0) is 6.54 Å². The van der Waals surface area contributed by atoms with Crippen molar-refractivity contribution in [1.82, 2.24) is 20.3 Å². The van der Waals surface area contributed by atoms with Gasteiger partial charge in [-0.05, 0) is 56.2 Å². The molecule has 0 spiro atoms. The van der Waals surface area contributed by atoms with Crippen molar-refractivity contribution in [3.63, 3.8) is 0 Å². The van der Waals surface area contributed by atoms with Crippen molar-refractivity contribution >= 4 is 23.2 Å². The number of aromatic nitrogens is 3. The quantitative estimate of drug-likeness (QED) is 0.610. The number of hydrogen-bond acceptors (Lipinski definition) is 6. The summed E-state index contributed by atoms with van der Waals surface area (Å²) in [7, 11) is 0. The van der Waals surface area contributed by atoms with Gasteiger partial charge in [-0.25, -0.2) is 9.97 Å². The summed E-state index contributed by atoms with van der Waals surface area (Å²) in [4.78, 5) is 27.1. The van der Waals surface area contributed by atoms with Gasteiger partial charge in [0.1, 0.15) is 0 Å². The van der Waals surface area contributed by atoms with E-state index in [0.29, 0.717) is 18.1 Å². The molecule has 0 aliphatic rings. The number of anilines is 3. The second kappa shape index (κ2) is 9.64. The van der Waals surface area contributed by atoms with Gasteiger partial charge in [-0.2, -0.15) is 0 Å². The van der Waals surface area contributed by atoms with E-state index in [1.165, 1.54) is 18.1 Å². The Kier molecular flexibility index (Phi) is 6.73. The Morgan fingerprint density at radius 2 is 1.83 bits per heavy atom. The number of pyridine rings is 1. The highest BCUT2D eigenvalue weighted by atomic mass is 16.1. The summed E-state index contributed by atoms with van der Waals surface area (Å²) in [6, 6.07) is 10.0. The van der Waals surface area contributed by atoms with E-state index in [9.17, 15) is 4.79 Å². The highest BCUT2D eigenvalue weighted by Gasteiger charge is 2.09. The topological polar surface area (TPSA) is 83.0 Å². The number of aryl methyl sites for hydroxylation is 1. The molecule has 2 heterocycles. The Labute approximate surface area is 171 Å². The normalized spacial score (nSPS) is 10.4. The van der Waals surface area contributed by atoms with Crippen molar-refractivity contribution < 1.29 is 4.79 Å². The van der Waals surface area contributed by atoms with Gasteiger partial charge in [-0.15, -0.1) is 0 Å². The minimum Gasteiger partial charge on any atom is -0.372 e. The van der Waals surface area contributed by atoms with Crippen LogP contribution in [0.4, 0.5) is 17.3 Å². The summed E-state index contributed by atoms with van der Waals surface area (Å²) in [6.45, 7) is 8.69. The lowest BCUT2D eigenvalue weighted by atomic mass is 10.1. The lowest BCUT2D eigenvalue weighted by Crippen LogP contribution is -2.23. The van der Waals surface area contributed by atoms with E-state index in [4.69, 9.17) is 0 Å². The summed E-state index contributed by atoms with van der Waals surface area (Å²) >= 11 is 0. The van der Waals surface area contributed by atoms with Gasteiger partial charge >= 0.3 is 0 Å². The lowest BCUT2D eigenvalue weighted by molar-refractivity contribution is 0.0950. The first-order valence-corrected chi connectivity index (χ1v) is 9.72. The van der Waals surface area contributed by atoms with Gasteiger partial charge in [0.15, 0.2) is 0 Å². The van der Waals surface area contributed by atoms with Crippen LogP contribution in [0.1, 0.15) is 35.3 Å². The number of carbonyl (C=O) groups excluding carboxylic acids is 1. The molecule has 7 nitrogen and oxygen atoms in total. The highest BCUT2D eigenvalue weighted by molar-refractivity contribution is 5.93. The van der Waals surface area contributed by atoms with Crippen LogP contribution in [0.15, 0.2) is 55.1 Å². The third-order valence-corrected chi connectivity index (χ3v) is 4.67. The zero-order valence-corrected chi connectivity index (χ0v) is 17.0. The molecule has 7 heteroatoms. The van der Waals surface area contributed by atoms with Gasteiger partial charge in [0.05, 0.1) is 5.56 Å². The number of hydrogen-bond donors (Lipinski definition) is 2. The van der Waals surface area contributed by atoms with Crippen LogP contribution in [0.5, 0.6) is 0 Å². The molecule has 0 saturated heterocycles. The van der Waals surface area contributed by atoms with Crippen LogP contribution in [0, 0.1) is 6.92 Å². The predicted molar refractivity (Wildman–Crippen MR) is 115 cm³/mol. The molecule has 1 aromatic carbocycles. The van der Waals surface area contributed by atoms with Crippen molar-refractivity contribution in [3.05, 3.63) is 71.8 Å². The smallest absolute Gasteiger partial charge is 0.254 e. The number of nitrogens with zero attached hydrogens (tertiary/aromatic N) is 4. The first-order chi connectivity index (χ1) is 14.1. The molecular weight excluding hydrogens is 364 g/mol. The van der Waals surface area contributed by atoms with Gasteiger partial charge in [0.2, 0.25) is 5.95 Å². The fourth-order valence-corrected chi connectivity index (χ4v) is 2.99. The number of benzene rings is 1. The van der Waals surface area contributed by atoms with Gasteiger partial charge in [-0.1, -0.05) is 6.07 Å². The first-order valence-electron chi connectivity index (χ1n) is 9.72. The van der Waals surface area contributed by atoms with E-state index in [0.717, 1.165) is 29.9 Å². The van der Waals surface area contributed by atoms with E-state index in [-0.39, 0.29) is 5.91 Å². The molecule has 150 valence electrons. The second-order valence-electron chi connectivity index (χ2n) is 6.64. The monoisotopic (exact) mass is 390 g/mol. The summed E-state index contributed by atoms with van der Waals surface area (Å²) in [5.41, 5.74) is 4.59. The van der Waals surface area contributed by atoms with Crippen molar-refractivity contribution in [2.75, 3.05) is 23.3 Å². The molecular formula is C22H26N6O. The maximum atomic E-state index is 12.3. The maximum absolute atomic E-state index is 12.3. The third kappa shape index (κ3) is 5.28. The number of carbonyl (C=O) groups is 1. The van der Waals surface area contributed by atoms with Crippen LogP contribution in [0.3, 0.4) is 0 Å². The van der Waals surface area contributed by atoms with E-state index >= 15 is 0 Å². The summed E-state index contributed by atoms with van der Waals surface area (Å²) in [6.07, 6.45) is 6.46. The van der Waals surface area contributed by atoms with Crippen LogP contribution in [0.25, 0.3) is 0 Å². The molecule has 2 aromatic heterocycles. The van der Waals surface area contributed by atoms with Crippen LogP contribution >= 0.6 is 0 Å². The van der Waals surface area contributed by atoms with Crippen molar-refractivity contribution in [2.24, 2.45) is 0 Å². The van der Waals surface area contributed by atoms with Gasteiger partial charge in [-0.3, -0.25) is 9.78 Å². The molecule has 0 radical (unpaired) electrons. The standard InChI is InChI=1S/C22H26N6O/c1-4-28(5-2)19-8-9-20(16(3)11-19)27-22-25-14-18(15-26-22)21(29)24-13-17-7-6-10-23-12-17/h6-12,14-15H,4-5,13H2,1-3H3,(H,24,29)(H,25,26,27). The highest BCUT2D eigenvalue weighted by Crippen LogP contribution is 2.24. The fraction of sp³-hybridized carbons (Fsp3) is 0.273. The predicted octanol–water partition coefficient (Wildman–Crippen LogP) is 3.70. The van der Waals surface area contributed by atoms with Crippen LogP contribution in [0.2, 0.25) is 0 Å². The zero-order chi connectivity index (χ0) is 20.6. The lowest BCUT2D eigenvalue weighted by Gasteiger charge is -2.22. The average molecular weight is 390 g/mol. The van der Waals surface area contributed by atoms with E-state index in [2.05, 4.69) is 63.4 Å². The third-order valence-electron chi connectivity index (χ3n) is 4.67. The largest absolute Gasteiger partial charge is 0.372 e. The Morgan fingerprint density at radius 3 is 2.45 bits per heavy atom. The second-order valence-corrected chi connectivity index (χ2v) is 6.64. The number of amides is 1. The van der Waals surface area contributed by atoms with Gasteiger partial charge < -0.3 is 15.5 Å². The number of nitrogens with one attached hydrogen (secondary N) is 2. The summed E-state index contributed by atoms with van der Waals surface area (Å²) in [5.74, 6) is 0.229. The summed E-state index contributed by atoms with van der Waals surface area (Å²) in [5, 5.41) is 6.05. The van der Waals surface area contributed by atoms with Crippen LogP contribution < -0.4 is 15.5 Å². The Hall–Kier alpha value is -3.48. The molecule has 3 aromatic rings. The van der Waals surface area contributed by atoms with E-state index < -0.39 is 0 Å². The molecule has 3 rings (SSSR count). The van der Waals surface area contributed by atoms with E-state index in [1.807, 2.05) is 18.2 Å². The molecule has 0 unspecified atom stereocenters. The van der Waals surface area contributed by atoms with Crippen molar-refractivity contribution in [1.29, 1.82) is 0 Å². The Balaban J connectivity index is 1.62. The Morgan fingerprint density at radius 1 is 1.07 bits per heavy atom. The maximum Gasteiger partial charge on any atom is 0.254 e. The molecule has 29 heavy (non-hydrogen) atoms. The molecule has 0 fully saturated rings. The summed E-state index contributed by atoms with van der Waals surface area (Å²) < 4.78 is 0. The fourth-order valence-electron chi connectivity index (χ4n) is 2.99. The van der Waals surface area contributed by atoms with Crippen LogP contribution in [-0.4, -0.2) is 33.9 Å². The molecule has 0 bridgehead atoms. The molecule has 0 atom stereocenters. The first kappa shape index (κ1) is 20.3. The Bertz CT molecular complexity index is 939. The van der Waals surface area contributed by atoms with Crippen molar-refractivity contribution in [3.8, 4) is 0 Å². The average Bonchev–Trinajstić information content (AvgIpc) is 2.76. The van der Waals surface area contributed by atoms with Gasteiger partial charge in [0.25, 0.3) is 5.91 Å². The van der Waals surface area contributed by atoms with Crippen molar-refractivity contribution in [2.45, 2.75) is 27.3 Å². The molecule has 0 saturated carbocycles. The minimum atomic E-state index is -0.222. The molecule has 0 aliphatic heterocycles.